The first-order valence-electron chi connectivity index (χ1n) is 23.8. The second-order valence-corrected chi connectivity index (χ2v) is 17.2. The molecule has 0 amide bonds. The van der Waals surface area contributed by atoms with Crippen LogP contribution in [0.4, 0.5) is 5.82 Å². The van der Waals surface area contributed by atoms with Crippen molar-refractivity contribution in [3.63, 3.8) is 0 Å². The quantitative estimate of drug-likeness (QED) is 0.0528. The van der Waals surface area contributed by atoms with E-state index in [4.69, 9.17) is 19.9 Å². The molecular formula is C47H83N5O5. The van der Waals surface area contributed by atoms with Crippen LogP contribution in [0.2, 0.25) is 0 Å². The first-order chi connectivity index (χ1) is 27.9. The molecule has 2 N–H and O–H groups in total. The zero-order valence-corrected chi connectivity index (χ0v) is 36.8. The summed E-state index contributed by atoms with van der Waals surface area (Å²) in [6.07, 6.45) is 41.4. The molecule has 326 valence electrons. The fraction of sp³-hybridized carbons (Fsp3) is 0.851. The van der Waals surface area contributed by atoms with Crippen LogP contribution in [0, 0.1) is 0 Å². The Hall–Kier alpha value is -2.75. The van der Waals surface area contributed by atoms with Gasteiger partial charge in [0.15, 0.2) is 11.5 Å². The molecule has 0 unspecified atom stereocenters. The topological polar surface area (TPSA) is 131 Å². The Morgan fingerprint density at radius 1 is 0.649 bits per heavy atom. The number of carbonyl (C=O) groups excluding carboxylic acids is 2. The normalized spacial score (nSPS) is 18.1. The lowest BCUT2D eigenvalue weighted by molar-refractivity contribution is -0.174. The van der Waals surface area contributed by atoms with Gasteiger partial charge in [-0.1, -0.05) is 194 Å². The van der Waals surface area contributed by atoms with Gasteiger partial charge in [-0.25, -0.2) is 15.0 Å². The van der Waals surface area contributed by atoms with Crippen LogP contribution in [-0.4, -0.2) is 49.8 Å². The molecule has 1 saturated heterocycles. The molecule has 10 heteroatoms. The summed E-state index contributed by atoms with van der Waals surface area (Å²) in [5.74, 6) is -0.190. The van der Waals surface area contributed by atoms with Gasteiger partial charge in [0.2, 0.25) is 0 Å². The van der Waals surface area contributed by atoms with Crippen molar-refractivity contribution < 1.29 is 23.8 Å². The summed E-state index contributed by atoms with van der Waals surface area (Å²) in [4.78, 5) is 38.8. The van der Waals surface area contributed by atoms with E-state index in [1.165, 1.54) is 160 Å². The van der Waals surface area contributed by atoms with Crippen molar-refractivity contribution in [3.8, 4) is 0 Å². The standard InChI is InChI=1S/C47H83N5O5/c1-4-6-8-10-12-14-16-18-20-22-24-26-28-30-32-34-42(53)55-37-47(3)40(36-41(57-47)52-39-51-44-45(48)49-38-50-46(44)52)56-43(54)35-33-31-29-27-25-23-21-19-17-15-13-11-9-7-5-2/h38-41H,4-37H2,1-3H3,(H2,48,49,50)/t40-,41+,47+/m0/s1. The lowest BCUT2D eigenvalue weighted by Gasteiger charge is -2.29. The van der Waals surface area contributed by atoms with Crippen molar-refractivity contribution in [2.45, 2.75) is 251 Å². The van der Waals surface area contributed by atoms with Crippen LogP contribution in [0.15, 0.2) is 12.7 Å². The molecule has 57 heavy (non-hydrogen) atoms. The number of nitrogens with two attached hydrogens (primary N) is 1. The number of fused-ring (bicyclic) bond motifs is 1. The molecule has 0 bridgehead atoms. The van der Waals surface area contributed by atoms with Crippen LogP contribution in [0.1, 0.15) is 239 Å². The number of rotatable bonds is 36. The van der Waals surface area contributed by atoms with Gasteiger partial charge in [0.1, 0.15) is 36.4 Å². The van der Waals surface area contributed by atoms with Gasteiger partial charge in [0.05, 0.1) is 6.33 Å². The minimum Gasteiger partial charge on any atom is -0.462 e. The summed E-state index contributed by atoms with van der Waals surface area (Å²) in [7, 11) is 0. The number of anilines is 1. The van der Waals surface area contributed by atoms with E-state index < -0.39 is 17.9 Å². The molecule has 0 aromatic carbocycles. The lowest BCUT2D eigenvalue weighted by atomic mass is 9.99. The van der Waals surface area contributed by atoms with E-state index in [0.717, 1.165) is 38.5 Å². The number of aromatic nitrogens is 4. The summed E-state index contributed by atoms with van der Waals surface area (Å²) in [5, 5.41) is 0. The molecule has 0 spiro atoms. The van der Waals surface area contributed by atoms with E-state index in [1.807, 2.05) is 6.92 Å². The number of unbranched alkanes of at least 4 members (excludes halogenated alkanes) is 28. The molecule has 1 fully saturated rings. The number of nitrogens with zero attached hydrogens (tertiary/aromatic N) is 4. The number of imidazole rings is 1. The van der Waals surface area contributed by atoms with E-state index in [1.54, 1.807) is 10.9 Å². The maximum atomic E-state index is 13.1. The van der Waals surface area contributed by atoms with E-state index in [2.05, 4.69) is 28.8 Å². The second-order valence-electron chi connectivity index (χ2n) is 17.2. The lowest BCUT2D eigenvalue weighted by Crippen LogP contribution is -2.44. The highest BCUT2D eigenvalue weighted by molar-refractivity contribution is 5.81. The van der Waals surface area contributed by atoms with Gasteiger partial charge < -0.3 is 19.9 Å². The van der Waals surface area contributed by atoms with Gasteiger partial charge >= 0.3 is 11.9 Å². The molecule has 10 nitrogen and oxygen atoms in total. The molecule has 3 heterocycles. The maximum Gasteiger partial charge on any atom is 0.306 e. The number of hydrogen-bond acceptors (Lipinski definition) is 9. The van der Waals surface area contributed by atoms with E-state index in [-0.39, 0.29) is 18.5 Å². The summed E-state index contributed by atoms with van der Waals surface area (Å²) < 4.78 is 20.2. The zero-order chi connectivity index (χ0) is 40.8. The Balaban J connectivity index is 1.33. The van der Waals surface area contributed by atoms with E-state index in [0.29, 0.717) is 36.2 Å². The fourth-order valence-corrected chi connectivity index (χ4v) is 8.21. The average Bonchev–Trinajstić information content (AvgIpc) is 3.78. The third kappa shape index (κ3) is 20.2. The van der Waals surface area contributed by atoms with Crippen molar-refractivity contribution in [2.75, 3.05) is 12.3 Å². The molecule has 2 aromatic heterocycles. The molecule has 0 aliphatic carbocycles. The van der Waals surface area contributed by atoms with Crippen LogP contribution in [0.25, 0.3) is 11.2 Å². The van der Waals surface area contributed by atoms with Gasteiger partial charge in [-0.2, -0.15) is 0 Å². The zero-order valence-electron chi connectivity index (χ0n) is 36.8. The summed E-state index contributed by atoms with van der Waals surface area (Å²) >= 11 is 0. The summed E-state index contributed by atoms with van der Waals surface area (Å²) in [6.45, 7) is 6.41. The summed E-state index contributed by atoms with van der Waals surface area (Å²) in [6, 6.07) is 0. The fourth-order valence-electron chi connectivity index (χ4n) is 8.21. The number of nitrogen functional groups attached to an aromatic ring is 1. The first-order valence-corrected chi connectivity index (χ1v) is 23.8. The Labute approximate surface area is 347 Å². The number of ether oxygens (including phenoxy) is 3. The van der Waals surface area contributed by atoms with Gasteiger partial charge in [-0.05, 0) is 19.8 Å². The third-order valence-electron chi connectivity index (χ3n) is 12.0. The van der Waals surface area contributed by atoms with Crippen molar-refractivity contribution in [2.24, 2.45) is 0 Å². The molecule has 3 rings (SSSR count). The molecular weight excluding hydrogens is 715 g/mol. The second kappa shape index (κ2) is 30.3. The van der Waals surface area contributed by atoms with Gasteiger partial charge in [-0.3, -0.25) is 14.2 Å². The van der Waals surface area contributed by atoms with Crippen molar-refractivity contribution in [1.82, 2.24) is 19.5 Å². The van der Waals surface area contributed by atoms with Crippen molar-refractivity contribution >= 4 is 28.9 Å². The molecule has 3 atom stereocenters. The largest absolute Gasteiger partial charge is 0.462 e. The van der Waals surface area contributed by atoms with Crippen LogP contribution in [0.5, 0.6) is 0 Å². The van der Waals surface area contributed by atoms with Gasteiger partial charge in [0.25, 0.3) is 0 Å². The van der Waals surface area contributed by atoms with E-state index >= 15 is 0 Å². The minimum atomic E-state index is -1.02. The molecule has 0 radical (unpaired) electrons. The highest BCUT2D eigenvalue weighted by Gasteiger charge is 2.49. The minimum absolute atomic E-state index is 0.00172. The molecule has 0 saturated carbocycles. The first kappa shape index (κ1) is 48.6. The smallest absolute Gasteiger partial charge is 0.306 e. The highest BCUT2D eigenvalue weighted by atomic mass is 16.6. The van der Waals surface area contributed by atoms with Crippen molar-refractivity contribution in [3.05, 3.63) is 12.7 Å². The van der Waals surface area contributed by atoms with Crippen LogP contribution in [0.3, 0.4) is 0 Å². The van der Waals surface area contributed by atoms with Gasteiger partial charge in [0, 0.05) is 19.3 Å². The Morgan fingerprint density at radius 3 is 1.53 bits per heavy atom. The van der Waals surface area contributed by atoms with Gasteiger partial charge in [-0.15, -0.1) is 0 Å². The SMILES string of the molecule is CCCCCCCCCCCCCCCCCC(=O)OC[C@@]1(C)O[C@@H](n2cnc3c(N)ncnc32)C[C@@H]1OC(=O)CCCCCCCCCCCCCCCCC. The third-order valence-corrected chi connectivity index (χ3v) is 12.0. The predicted molar refractivity (Wildman–Crippen MR) is 233 cm³/mol. The number of esters is 2. The Morgan fingerprint density at radius 2 is 1.07 bits per heavy atom. The van der Waals surface area contributed by atoms with Crippen LogP contribution >= 0.6 is 0 Å². The highest BCUT2D eigenvalue weighted by Crippen LogP contribution is 2.40. The van der Waals surface area contributed by atoms with Crippen LogP contribution in [-0.2, 0) is 23.8 Å². The number of hydrogen-bond donors (Lipinski definition) is 1. The Kier molecular flexibility index (Phi) is 25.9. The van der Waals surface area contributed by atoms with E-state index in [9.17, 15) is 9.59 Å². The Bertz CT molecular complexity index is 1340. The average molecular weight is 798 g/mol. The maximum absolute atomic E-state index is 13.1. The monoisotopic (exact) mass is 798 g/mol. The molecule has 2 aromatic rings. The number of carbonyl (C=O) groups is 2. The summed E-state index contributed by atoms with van der Waals surface area (Å²) in [5.41, 5.74) is 6.07. The molecule has 1 aliphatic rings. The predicted octanol–water partition coefficient (Wildman–Crippen LogP) is 13.1. The van der Waals surface area contributed by atoms with Crippen LogP contribution < -0.4 is 5.73 Å². The van der Waals surface area contributed by atoms with Crippen molar-refractivity contribution in [1.29, 1.82) is 0 Å². The molecule has 1 aliphatic heterocycles.